The first-order valence-corrected chi connectivity index (χ1v) is 8.11. The molecule has 1 heterocycles. The lowest BCUT2D eigenvalue weighted by Gasteiger charge is -2.08. The maximum atomic E-state index is 12.0. The van der Waals surface area contributed by atoms with Gasteiger partial charge in [-0.25, -0.2) is 0 Å². The van der Waals surface area contributed by atoms with Gasteiger partial charge in [-0.3, -0.25) is 4.79 Å². The molecule has 1 aromatic carbocycles. The number of nitrogens with one attached hydrogen (secondary N) is 2. The van der Waals surface area contributed by atoms with Crippen LogP contribution in [0.2, 0.25) is 5.02 Å². The van der Waals surface area contributed by atoms with Gasteiger partial charge in [0.25, 0.3) is 0 Å². The van der Waals surface area contributed by atoms with Crippen LogP contribution in [0.3, 0.4) is 0 Å². The van der Waals surface area contributed by atoms with Crippen LogP contribution in [0.5, 0.6) is 5.75 Å². The summed E-state index contributed by atoms with van der Waals surface area (Å²) in [5, 5.41) is 4.54. The van der Waals surface area contributed by atoms with E-state index in [4.69, 9.17) is 21.1 Å². The Bertz CT molecular complexity index is 722. The van der Waals surface area contributed by atoms with E-state index in [1.165, 1.54) is 0 Å². The molecular weight excluding hydrogens is 316 g/mol. The topological polar surface area (TPSA) is 63.4 Å². The van der Waals surface area contributed by atoms with E-state index in [9.17, 15) is 4.79 Å². The maximum absolute atomic E-state index is 12.0. The third-order valence-electron chi connectivity index (χ3n) is 4.26. The number of fused-ring (bicyclic) bond motifs is 1. The number of benzene rings is 1. The highest BCUT2D eigenvalue weighted by Crippen LogP contribution is 2.45. The Labute approximate surface area is 140 Å². The van der Waals surface area contributed by atoms with Crippen molar-refractivity contribution < 1.29 is 14.3 Å². The van der Waals surface area contributed by atoms with E-state index in [2.05, 4.69) is 10.3 Å². The fraction of sp³-hybridized carbons (Fsp3) is 0.471. The largest absolute Gasteiger partial charge is 0.490 e. The molecule has 23 heavy (non-hydrogen) atoms. The molecule has 0 radical (unpaired) electrons. The number of carbonyl (C=O) groups excluding carboxylic acids is 1. The number of ether oxygens (including phenoxy) is 2. The van der Waals surface area contributed by atoms with Gasteiger partial charge >= 0.3 is 0 Å². The molecule has 0 spiro atoms. The maximum Gasteiger partial charge on any atom is 0.226 e. The van der Waals surface area contributed by atoms with Crippen molar-refractivity contribution in [1.29, 1.82) is 0 Å². The number of amides is 1. The first-order valence-electron chi connectivity index (χ1n) is 7.73. The molecule has 1 aromatic heterocycles. The van der Waals surface area contributed by atoms with Gasteiger partial charge in [0.15, 0.2) is 0 Å². The number of hydrogen-bond acceptors (Lipinski definition) is 3. The summed E-state index contributed by atoms with van der Waals surface area (Å²) < 4.78 is 10.6. The van der Waals surface area contributed by atoms with Gasteiger partial charge in [0, 0.05) is 35.2 Å². The van der Waals surface area contributed by atoms with Crippen LogP contribution in [0.1, 0.15) is 25.5 Å². The van der Waals surface area contributed by atoms with Crippen molar-refractivity contribution in [3.05, 3.63) is 28.9 Å². The normalized spacial score (nSPS) is 15.6. The first kappa shape index (κ1) is 16.1. The lowest BCUT2D eigenvalue weighted by molar-refractivity contribution is -0.125. The lowest BCUT2D eigenvalue weighted by Crippen LogP contribution is -2.29. The van der Waals surface area contributed by atoms with Crippen LogP contribution in [0.25, 0.3) is 10.9 Å². The molecule has 3 rings (SSSR count). The number of carbonyl (C=O) groups is 1. The number of hydrogen-bond donors (Lipinski definition) is 2. The van der Waals surface area contributed by atoms with Crippen molar-refractivity contribution in [2.24, 2.45) is 5.41 Å². The van der Waals surface area contributed by atoms with Crippen LogP contribution in [-0.4, -0.2) is 31.2 Å². The molecule has 1 aliphatic carbocycles. The Morgan fingerprint density at radius 3 is 2.83 bits per heavy atom. The summed E-state index contributed by atoms with van der Waals surface area (Å²) in [4.78, 5) is 15.3. The average Bonchev–Trinajstić information content (AvgIpc) is 3.15. The van der Waals surface area contributed by atoms with Gasteiger partial charge in [0.1, 0.15) is 12.4 Å². The summed E-state index contributed by atoms with van der Waals surface area (Å²) in [7, 11) is 1.63. The van der Waals surface area contributed by atoms with Crippen molar-refractivity contribution in [3.63, 3.8) is 0 Å². The summed E-state index contributed by atoms with van der Waals surface area (Å²) >= 11 is 6.24. The van der Waals surface area contributed by atoms with E-state index in [1.807, 2.05) is 25.1 Å². The van der Waals surface area contributed by atoms with Crippen LogP contribution in [-0.2, 0) is 16.1 Å². The fourth-order valence-electron chi connectivity index (χ4n) is 2.44. The van der Waals surface area contributed by atoms with E-state index in [0.717, 1.165) is 29.4 Å². The quantitative estimate of drug-likeness (QED) is 0.763. The van der Waals surface area contributed by atoms with Gasteiger partial charge in [0.2, 0.25) is 5.91 Å². The van der Waals surface area contributed by atoms with Gasteiger partial charge in [-0.1, -0.05) is 18.5 Å². The van der Waals surface area contributed by atoms with Gasteiger partial charge < -0.3 is 19.8 Å². The third kappa shape index (κ3) is 3.62. The monoisotopic (exact) mass is 336 g/mol. The third-order valence-corrected chi connectivity index (χ3v) is 4.56. The zero-order chi connectivity index (χ0) is 16.4. The minimum atomic E-state index is -0.155. The van der Waals surface area contributed by atoms with Crippen LogP contribution in [0.4, 0.5) is 0 Å². The predicted molar refractivity (Wildman–Crippen MR) is 89.9 cm³/mol. The lowest BCUT2D eigenvalue weighted by atomic mass is 10.1. The van der Waals surface area contributed by atoms with Gasteiger partial charge in [-0.2, -0.15) is 0 Å². The van der Waals surface area contributed by atoms with Gasteiger partial charge in [-0.05, 0) is 25.0 Å². The number of rotatable bonds is 7. The number of H-pyrrole nitrogens is 1. The van der Waals surface area contributed by atoms with Crippen LogP contribution in [0.15, 0.2) is 18.2 Å². The fourth-order valence-corrected chi connectivity index (χ4v) is 2.66. The zero-order valence-corrected chi connectivity index (χ0v) is 14.1. The molecule has 0 atom stereocenters. The van der Waals surface area contributed by atoms with Crippen molar-refractivity contribution in [3.8, 4) is 5.75 Å². The summed E-state index contributed by atoms with van der Waals surface area (Å²) in [5.41, 5.74) is 1.73. The smallest absolute Gasteiger partial charge is 0.226 e. The number of methoxy groups -OCH3 is 1. The second-order valence-corrected chi connectivity index (χ2v) is 6.66. The SMILES string of the molecule is COCCOc1cc2[nH]c(CNC(=O)C3(C)CC3)cc2cc1Cl. The molecule has 1 fully saturated rings. The highest BCUT2D eigenvalue weighted by molar-refractivity contribution is 6.32. The molecule has 1 amide bonds. The second-order valence-electron chi connectivity index (χ2n) is 6.25. The van der Waals surface area contributed by atoms with Gasteiger partial charge in [-0.15, -0.1) is 0 Å². The first-order chi connectivity index (χ1) is 11.0. The standard InChI is InChI=1S/C17H21ClN2O3/c1-17(3-4-17)16(21)19-10-12-7-11-8-13(18)15(9-14(11)20-12)23-6-5-22-2/h7-9,20H,3-6,10H2,1-2H3,(H,19,21). The summed E-state index contributed by atoms with van der Waals surface area (Å²) in [6, 6.07) is 5.74. The van der Waals surface area contributed by atoms with Crippen molar-refractivity contribution in [2.75, 3.05) is 20.3 Å². The molecule has 0 aliphatic heterocycles. The number of aromatic nitrogens is 1. The molecule has 2 aromatic rings. The summed E-state index contributed by atoms with van der Waals surface area (Å²) in [6.07, 6.45) is 1.95. The molecular formula is C17H21ClN2O3. The van der Waals surface area contributed by atoms with Crippen LogP contribution in [0, 0.1) is 5.41 Å². The molecule has 5 nitrogen and oxygen atoms in total. The molecule has 2 N–H and O–H groups in total. The number of aromatic amines is 1. The molecule has 0 saturated heterocycles. The Morgan fingerprint density at radius 2 is 2.13 bits per heavy atom. The zero-order valence-electron chi connectivity index (χ0n) is 13.4. The van der Waals surface area contributed by atoms with Crippen LogP contribution < -0.4 is 10.1 Å². The highest BCUT2D eigenvalue weighted by atomic mass is 35.5. The van der Waals surface area contributed by atoms with E-state index in [1.54, 1.807) is 7.11 Å². The van der Waals surface area contributed by atoms with E-state index < -0.39 is 0 Å². The Kier molecular flexibility index (Phi) is 4.50. The molecule has 0 unspecified atom stereocenters. The molecule has 1 saturated carbocycles. The van der Waals surface area contributed by atoms with Crippen molar-refractivity contribution >= 4 is 28.4 Å². The van der Waals surface area contributed by atoms with Gasteiger partial charge in [0.05, 0.1) is 18.2 Å². The van der Waals surface area contributed by atoms with E-state index in [-0.39, 0.29) is 11.3 Å². The second kappa shape index (κ2) is 6.42. The average molecular weight is 337 g/mol. The number of halogens is 1. The Hall–Kier alpha value is -1.72. The molecule has 6 heteroatoms. The molecule has 1 aliphatic rings. The minimum Gasteiger partial charge on any atom is -0.490 e. The predicted octanol–water partition coefficient (Wildman–Crippen LogP) is 3.26. The summed E-state index contributed by atoms with van der Waals surface area (Å²) in [6.45, 7) is 3.44. The van der Waals surface area contributed by atoms with E-state index >= 15 is 0 Å². The van der Waals surface area contributed by atoms with Crippen molar-refractivity contribution in [1.82, 2.24) is 10.3 Å². The Balaban J connectivity index is 1.69. The molecule has 124 valence electrons. The minimum absolute atomic E-state index is 0.123. The molecule has 0 bridgehead atoms. The Morgan fingerprint density at radius 1 is 1.35 bits per heavy atom. The van der Waals surface area contributed by atoms with E-state index in [0.29, 0.717) is 30.5 Å². The van der Waals surface area contributed by atoms with Crippen molar-refractivity contribution in [2.45, 2.75) is 26.3 Å². The van der Waals surface area contributed by atoms with Crippen LogP contribution >= 0.6 is 11.6 Å². The summed E-state index contributed by atoms with van der Waals surface area (Å²) in [5.74, 6) is 0.747. The highest BCUT2D eigenvalue weighted by Gasteiger charge is 2.44.